The molecular weight excluding hydrogens is 136 g/mol. The van der Waals surface area contributed by atoms with Gasteiger partial charge in [0.2, 0.25) is 5.95 Å². The minimum absolute atomic E-state index is 0.155. The summed E-state index contributed by atoms with van der Waals surface area (Å²) >= 11 is 0. The van der Waals surface area contributed by atoms with Gasteiger partial charge in [0, 0.05) is 0 Å². The molecule has 3 N–H and O–H groups in total. The first-order valence-corrected chi connectivity index (χ1v) is 2.52. The number of hydrogen-bond acceptors (Lipinski definition) is 5. The highest BCUT2D eigenvalue weighted by Crippen LogP contribution is 1.99. The fourth-order valence-electron chi connectivity index (χ4n) is 0.689. The van der Waals surface area contributed by atoms with E-state index in [0.717, 1.165) is 4.73 Å². The Morgan fingerprint density at radius 3 is 3.00 bits per heavy atom. The third kappa shape index (κ3) is 0.413. The van der Waals surface area contributed by atoms with Crippen LogP contribution in [0, 0.1) is 0 Å². The molecule has 0 atom stereocenters. The molecule has 0 saturated carbocycles. The van der Waals surface area contributed by atoms with Gasteiger partial charge in [0.1, 0.15) is 0 Å². The lowest BCUT2D eigenvalue weighted by Crippen LogP contribution is -1.93. The first-order chi connectivity index (χ1) is 4.79. The minimum atomic E-state index is 0.155. The summed E-state index contributed by atoms with van der Waals surface area (Å²) in [5.41, 5.74) is 5.29. The molecule has 2 rings (SSSR count). The lowest BCUT2D eigenvalue weighted by molar-refractivity contribution is 0.195. The van der Waals surface area contributed by atoms with Crippen LogP contribution >= 0.6 is 0 Å². The highest BCUT2D eigenvalue weighted by atomic mass is 16.5. The third-order valence-corrected chi connectivity index (χ3v) is 1.13. The van der Waals surface area contributed by atoms with Gasteiger partial charge in [-0.15, -0.1) is 20.0 Å². The van der Waals surface area contributed by atoms with Crippen LogP contribution in [-0.4, -0.2) is 29.7 Å². The quantitative estimate of drug-likeness (QED) is 0.445. The number of nitrogens with two attached hydrogens (primary N) is 1. The van der Waals surface area contributed by atoms with Crippen molar-refractivity contribution >= 4 is 11.7 Å². The molecule has 2 aromatic heterocycles. The summed E-state index contributed by atoms with van der Waals surface area (Å²) in [5.74, 6) is 0.361. The van der Waals surface area contributed by atoms with Gasteiger partial charge in [-0.3, -0.25) is 0 Å². The van der Waals surface area contributed by atoms with Crippen molar-refractivity contribution in [2.75, 3.05) is 5.73 Å². The van der Waals surface area contributed by atoms with Crippen LogP contribution in [0.25, 0.3) is 5.78 Å². The monoisotopic (exact) mass is 140 g/mol. The predicted octanol–water partition coefficient (Wildman–Crippen LogP) is -1.25. The summed E-state index contributed by atoms with van der Waals surface area (Å²) in [6.45, 7) is 0. The lowest BCUT2D eigenvalue weighted by Gasteiger charge is -1.81. The zero-order valence-corrected chi connectivity index (χ0v) is 4.84. The third-order valence-electron chi connectivity index (χ3n) is 1.13. The highest BCUT2D eigenvalue weighted by molar-refractivity contribution is 5.33. The van der Waals surface area contributed by atoms with Crippen molar-refractivity contribution in [3.05, 3.63) is 6.33 Å². The Bertz CT molecular complexity index is 324. The molecule has 0 fully saturated rings. The van der Waals surface area contributed by atoms with Crippen LogP contribution in [0.3, 0.4) is 0 Å². The lowest BCUT2D eigenvalue weighted by atomic mass is 11.0. The van der Waals surface area contributed by atoms with Crippen LogP contribution < -0.4 is 5.73 Å². The molecule has 2 aromatic rings. The molecule has 0 aliphatic carbocycles. The SMILES string of the molecule is Nc1nnc2n(O)cnn12. The van der Waals surface area contributed by atoms with Crippen LogP contribution in [0.5, 0.6) is 0 Å². The van der Waals surface area contributed by atoms with Crippen LogP contribution in [0.2, 0.25) is 0 Å². The van der Waals surface area contributed by atoms with E-state index in [1.807, 2.05) is 0 Å². The standard InChI is InChI=1S/C3H4N6O/c4-2-6-7-3-8(10)1-5-9(2)3/h1,10H,(H2,4,6). The number of aromatic nitrogens is 5. The molecule has 10 heavy (non-hydrogen) atoms. The van der Waals surface area contributed by atoms with Crippen molar-refractivity contribution in [1.29, 1.82) is 0 Å². The number of hydrogen-bond donors (Lipinski definition) is 2. The molecule has 0 unspecified atom stereocenters. The average molecular weight is 140 g/mol. The van der Waals surface area contributed by atoms with Gasteiger partial charge < -0.3 is 10.9 Å². The minimum Gasteiger partial charge on any atom is -0.424 e. The summed E-state index contributed by atoms with van der Waals surface area (Å²) in [4.78, 5) is 0. The number of nitrogens with zero attached hydrogens (tertiary/aromatic N) is 5. The smallest absolute Gasteiger partial charge is 0.288 e. The molecule has 7 heteroatoms. The molecule has 0 saturated heterocycles. The first kappa shape index (κ1) is 5.03. The second-order valence-corrected chi connectivity index (χ2v) is 1.75. The highest BCUT2D eigenvalue weighted by Gasteiger charge is 2.05. The summed E-state index contributed by atoms with van der Waals surface area (Å²) < 4.78 is 1.96. The molecule has 2 heterocycles. The van der Waals surface area contributed by atoms with Crippen molar-refractivity contribution in [1.82, 2.24) is 24.5 Å². The molecule has 0 spiro atoms. The maximum absolute atomic E-state index is 8.90. The van der Waals surface area contributed by atoms with Crippen LogP contribution in [0.4, 0.5) is 5.95 Å². The molecular formula is C3H4N6O. The average Bonchev–Trinajstić information content (AvgIpc) is 2.41. The van der Waals surface area contributed by atoms with Crippen molar-refractivity contribution in [3.8, 4) is 0 Å². The van der Waals surface area contributed by atoms with E-state index in [-0.39, 0.29) is 11.7 Å². The zero-order chi connectivity index (χ0) is 7.14. The molecule has 7 nitrogen and oxygen atoms in total. The van der Waals surface area contributed by atoms with E-state index >= 15 is 0 Å². The number of anilines is 1. The largest absolute Gasteiger partial charge is 0.424 e. The molecule has 0 bridgehead atoms. The van der Waals surface area contributed by atoms with Crippen LogP contribution in [-0.2, 0) is 0 Å². The Labute approximate surface area is 54.7 Å². The van der Waals surface area contributed by atoms with E-state index in [1.54, 1.807) is 0 Å². The Balaban J connectivity index is 2.95. The molecule has 0 amide bonds. The van der Waals surface area contributed by atoms with Gasteiger partial charge in [-0.1, -0.05) is 0 Å². The van der Waals surface area contributed by atoms with Crippen LogP contribution in [0.15, 0.2) is 6.33 Å². The molecule has 0 aliphatic heterocycles. The van der Waals surface area contributed by atoms with Gasteiger partial charge in [0.05, 0.1) is 0 Å². The van der Waals surface area contributed by atoms with Crippen molar-refractivity contribution < 1.29 is 5.21 Å². The molecule has 0 aliphatic rings. The Kier molecular flexibility index (Phi) is 0.693. The second-order valence-electron chi connectivity index (χ2n) is 1.75. The Hall–Kier alpha value is -1.79. The summed E-state index contributed by atoms with van der Waals surface area (Å²) in [5, 5.41) is 19.5. The normalized spacial score (nSPS) is 10.8. The van der Waals surface area contributed by atoms with E-state index < -0.39 is 0 Å². The Morgan fingerprint density at radius 1 is 1.50 bits per heavy atom. The van der Waals surface area contributed by atoms with Gasteiger partial charge in [-0.05, 0) is 0 Å². The Morgan fingerprint density at radius 2 is 2.30 bits per heavy atom. The summed E-state index contributed by atoms with van der Waals surface area (Å²) in [7, 11) is 0. The first-order valence-electron chi connectivity index (χ1n) is 2.52. The van der Waals surface area contributed by atoms with Crippen molar-refractivity contribution in [2.24, 2.45) is 0 Å². The van der Waals surface area contributed by atoms with Gasteiger partial charge in [0.25, 0.3) is 5.78 Å². The van der Waals surface area contributed by atoms with Gasteiger partial charge in [-0.25, -0.2) is 0 Å². The summed E-state index contributed by atoms with van der Waals surface area (Å²) in [6, 6.07) is 0. The van der Waals surface area contributed by atoms with E-state index in [2.05, 4.69) is 15.3 Å². The zero-order valence-electron chi connectivity index (χ0n) is 4.84. The topological polar surface area (TPSA) is 94.3 Å². The number of rotatable bonds is 0. The second kappa shape index (κ2) is 1.38. The van der Waals surface area contributed by atoms with Crippen molar-refractivity contribution in [2.45, 2.75) is 0 Å². The summed E-state index contributed by atoms with van der Waals surface area (Å²) in [6.07, 6.45) is 1.18. The van der Waals surface area contributed by atoms with Crippen molar-refractivity contribution in [3.63, 3.8) is 0 Å². The van der Waals surface area contributed by atoms with E-state index in [1.165, 1.54) is 10.8 Å². The van der Waals surface area contributed by atoms with E-state index in [4.69, 9.17) is 10.9 Å². The maximum Gasteiger partial charge on any atom is 0.288 e. The fraction of sp³-hybridized carbons (Fsp3) is 0. The van der Waals surface area contributed by atoms with Gasteiger partial charge >= 0.3 is 0 Å². The van der Waals surface area contributed by atoms with Gasteiger partial charge in [0.15, 0.2) is 6.33 Å². The van der Waals surface area contributed by atoms with Gasteiger partial charge in [-0.2, -0.15) is 4.52 Å². The van der Waals surface area contributed by atoms with E-state index in [9.17, 15) is 0 Å². The molecule has 52 valence electrons. The molecule has 0 aromatic carbocycles. The fourth-order valence-corrected chi connectivity index (χ4v) is 0.689. The van der Waals surface area contributed by atoms with E-state index in [0.29, 0.717) is 0 Å². The maximum atomic E-state index is 8.90. The van der Waals surface area contributed by atoms with Crippen LogP contribution in [0.1, 0.15) is 0 Å². The number of fused-ring (bicyclic) bond motifs is 1. The molecule has 0 radical (unpaired) electrons. The predicted molar refractivity (Wildman–Crippen MR) is 30.4 cm³/mol. The number of nitrogen functional groups attached to an aromatic ring is 1.